The van der Waals surface area contributed by atoms with Crippen LogP contribution in [0.3, 0.4) is 0 Å². The molecule has 0 fully saturated rings. The summed E-state index contributed by atoms with van der Waals surface area (Å²) < 4.78 is 16.9. The molecule has 1 unspecified atom stereocenters. The minimum Gasteiger partial charge on any atom is -0.462 e. The van der Waals surface area contributed by atoms with Crippen molar-refractivity contribution in [2.45, 2.75) is 335 Å². The van der Waals surface area contributed by atoms with Gasteiger partial charge in [0.05, 0.1) is 0 Å². The van der Waals surface area contributed by atoms with Crippen LogP contribution >= 0.6 is 0 Å². The van der Waals surface area contributed by atoms with Gasteiger partial charge in [0.2, 0.25) is 0 Å². The molecule has 0 amide bonds. The Balaban J connectivity index is 4.03. The first-order valence-electron chi connectivity index (χ1n) is 33.7. The smallest absolute Gasteiger partial charge is 0.306 e. The Hall–Kier alpha value is -3.67. The molecule has 0 aromatic carbocycles. The van der Waals surface area contributed by atoms with Gasteiger partial charge in [0.1, 0.15) is 13.2 Å². The lowest BCUT2D eigenvalue weighted by Gasteiger charge is -2.18. The van der Waals surface area contributed by atoms with Crippen LogP contribution in [0.15, 0.2) is 97.2 Å². The normalized spacial score (nSPS) is 12.7. The molecule has 0 N–H and O–H groups in total. The molecule has 6 nitrogen and oxygen atoms in total. The minimum atomic E-state index is -0.775. The van der Waals surface area contributed by atoms with Crippen LogP contribution in [0.1, 0.15) is 329 Å². The summed E-state index contributed by atoms with van der Waals surface area (Å²) in [5, 5.41) is 0. The van der Waals surface area contributed by atoms with E-state index in [4.69, 9.17) is 14.2 Å². The second-order valence-electron chi connectivity index (χ2n) is 22.4. The molecule has 0 aromatic rings. The van der Waals surface area contributed by atoms with Gasteiger partial charge in [-0.25, -0.2) is 0 Å². The largest absolute Gasteiger partial charge is 0.462 e. The van der Waals surface area contributed by atoms with Crippen LogP contribution in [0.25, 0.3) is 0 Å². The van der Waals surface area contributed by atoms with Gasteiger partial charge >= 0.3 is 17.9 Å². The molecule has 0 spiro atoms. The summed E-state index contributed by atoms with van der Waals surface area (Å²) in [5.41, 5.74) is 0. The maximum atomic E-state index is 12.9. The summed E-state index contributed by atoms with van der Waals surface area (Å²) in [7, 11) is 0. The number of rotatable bonds is 61. The topological polar surface area (TPSA) is 78.9 Å². The molecule has 1 atom stereocenters. The zero-order valence-electron chi connectivity index (χ0n) is 52.1. The maximum Gasteiger partial charge on any atom is 0.306 e. The number of unbranched alkanes of at least 4 members (excludes halogenated alkanes) is 34. The Labute approximate surface area is 489 Å². The second-order valence-corrected chi connectivity index (χ2v) is 22.4. The van der Waals surface area contributed by atoms with Crippen LogP contribution in [0.4, 0.5) is 0 Å². The van der Waals surface area contributed by atoms with Gasteiger partial charge in [0.25, 0.3) is 0 Å². The van der Waals surface area contributed by atoms with E-state index in [2.05, 4.69) is 118 Å². The van der Waals surface area contributed by atoms with Crippen LogP contribution in [0, 0.1) is 0 Å². The molecule has 0 aliphatic carbocycles. The molecule has 0 saturated heterocycles. The van der Waals surface area contributed by atoms with E-state index in [0.717, 1.165) is 103 Å². The van der Waals surface area contributed by atoms with Gasteiger partial charge in [0, 0.05) is 19.3 Å². The Morgan fingerprint density at radius 1 is 0.266 bits per heavy atom. The van der Waals surface area contributed by atoms with Crippen molar-refractivity contribution in [2.75, 3.05) is 13.2 Å². The Bertz CT molecular complexity index is 1540. The third kappa shape index (κ3) is 65.0. The molecule has 0 rings (SSSR count). The first kappa shape index (κ1) is 75.3. The Kier molecular flexibility index (Phi) is 63.7. The summed E-state index contributed by atoms with van der Waals surface area (Å²) in [6.45, 7) is 6.48. The van der Waals surface area contributed by atoms with Crippen molar-refractivity contribution in [1.29, 1.82) is 0 Å². The average Bonchev–Trinajstić information content (AvgIpc) is 3.45. The van der Waals surface area contributed by atoms with Crippen molar-refractivity contribution in [3.05, 3.63) is 97.2 Å². The highest BCUT2D eigenvalue weighted by molar-refractivity contribution is 5.71. The van der Waals surface area contributed by atoms with Crippen LogP contribution in [0.5, 0.6) is 0 Å². The average molecular weight is 1100 g/mol. The van der Waals surface area contributed by atoms with Crippen LogP contribution in [0.2, 0.25) is 0 Å². The molecule has 0 aliphatic rings. The zero-order chi connectivity index (χ0) is 57.1. The summed E-state index contributed by atoms with van der Waals surface area (Å²) >= 11 is 0. The van der Waals surface area contributed by atoms with Gasteiger partial charge in [-0.2, -0.15) is 0 Å². The van der Waals surface area contributed by atoms with E-state index >= 15 is 0 Å². The molecule has 0 saturated carbocycles. The quantitative estimate of drug-likeness (QED) is 0.0261. The maximum absolute atomic E-state index is 12.9. The standard InChI is InChI=1S/C73H126O6/c1-4-7-10-13-16-18-20-22-24-26-28-29-30-31-32-33-34-35-36-37-38-39-40-41-42-43-45-46-48-50-52-54-57-60-63-66-72(75)78-69-70(68-77-71(74)65-62-59-56-15-12-9-6-3)79-73(76)67-64-61-58-55-53-51-49-47-44-27-25-23-21-19-17-14-11-8-5-2/h7,10,16-19,22-25,28-29,31-32,34-35,70H,4-6,8-9,11-15,20-21,26-27,30,33,36-69H2,1-3H3/b10-7-,18-16-,19-17-,24-22-,25-23-,29-28-,32-31-,35-34-. The van der Waals surface area contributed by atoms with Crippen LogP contribution in [-0.2, 0) is 28.6 Å². The van der Waals surface area contributed by atoms with Crippen molar-refractivity contribution in [3.8, 4) is 0 Å². The molecular formula is C73H126O6. The van der Waals surface area contributed by atoms with Crippen molar-refractivity contribution in [2.24, 2.45) is 0 Å². The highest BCUT2D eigenvalue weighted by atomic mass is 16.6. The fraction of sp³-hybridized carbons (Fsp3) is 0.740. The minimum absolute atomic E-state index is 0.0749. The molecule has 6 heteroatoms. The Morgan fingerprint density at radius 3 is 0.797 bits per heavy atom. The zero-order valence-corrected chi connectivity index (χ0v) is 52.1. The molecule has 454 valence electrons. The van der Waals surface area contributed by atoms with E-state index in [1.165, 1.54) is 186 Å². The number of hydrogen-bond donors (Lipinski definition) is 0. The summed E-state index contributed by atoms with van der Waals surface area (Å²) in [6.07, 6.45) is 90.3. The summed E-state index contributed by atoms with van der Waals surface area (Å²) in [6, 6.07) is 0. The van der Waals surface area contributed by atoms with Gasteiger partial charge < -0.3 is 14.2 Å². The van der Waals surface area contributed by atoms with E-state index in [1.807, 2.05) is 0 Å². The third-order valence-corrected chi connectivity index (χ3v) is 14.6. The summed E-state index contributed by atoms with van der Waals surface area (Å²) in [4.78, 5) is 38.1. The number of ether oxygens (including phenoxy) is 3. The first-order chi connectivity index (χ1) is 39.0. The van der Waals surface area contributed by atoms with Crippen molar-refractivity contribution < 1.29 is 28.6 Å². The van der Waals surface area contributed by atoms with Gasteiger partial charge in [0.15, 0.2) is 6.10 Å². The number of hydrogen-bond acceptors (Lipinski definition) is 6. The van der Waals surface area contributed by atoms with Crippen molar-refractivity contribution in [1.82, 2.24) is 0 Å². The van der Waals surface area contributed by atoms with Crippen LogP contribution < -0.4 is 0 Å². The fourth-order valence-electron chi connectivity index (χ4n) is 9.54. The number of allylic oxidation sites excluding steroid dienone is 16. The lowest BCUT2D eigenvalue weighted by molar-refractivity contribution is -0.167. The van der Waals surface area contributed by atoms with E-state index < -0.39 is 6.10 Å². The molecule has 0 aromatic heterocycles. The predicted octanol–water partition coefficient (Wildman–Crippen LogP) is 23.2. The van der Waals surface area contributed by atoms with Crippen LogP contribution in [-0.4, -0.2) is 37.2 Å². The second kappa shape index (κ2) is 66.8. The van der Waals surface area contributed by atoms with E-state index in [9.17, 15) is 14.4 Å². The predicted molar refractivity (Wildman–Crippen MR) is 344 cm³/mol. The highest BCUT2D eigenvalue weighted by Gasteiger charge is 2.19. The molecule has 79 heavy (non-hydrogen) atoms. The first-order valence-corrected chi connectivity index (χ1v) is 33.7. The Morgan fingerprint density at radius 2 is 0.494 bits per heavy atom. The lowest BCUT2D eigenvalue weighted by Crippen LogP contribution is -2.30. The van der Waals surface area contributed by atoms with E-state index in [0.29, 0.717) is 19.3 Å². The summed E-state index contributed by atoms with van der Waals surface area (Å²) in [5.74, 6) is -0.873. The SMILES string of the molecule is CC/C=C\C/C=C\C/C=C\C/C=C\C/C=C\C/C=C\CCCCCCCCCCCCCCCCCCC(=O)OCC(COC(=O)CCCCCCCCC)OC(=O)CCCCCCCCCCC/C=C\C/C=C\CCCCC. The highest BCUT2D eigenvalue weighted by Crippen LogP contribution is 2.17. The van der Waals surface area contributed by atoms with E-state index in [-0.39, 0.29) is 31.1 Å². The molecule has 0 aliphatic heterocycles. The van der Waals surface area contributed by atoms with E-state index in [1.54, 1.807) is 0 Å². The number of carbonyl (C=O) groups excluding carboxylic acids is 3. The van der Waals surface area contributed by atoms with Gasteiger partial charge in [-0.15, -0.1) is 0 Å². The number of esters is 3. The third-order valence-electron chi connectivity index (χ3n) is 14.6. The molecule has 0 bridgehead atoms. The number of carbonyl (C=O) groups is 3. The molecular weight excluding hydrogens is 973 g/mol. The van der Waals surface area contributed by atoms with Gasteiger partial charge in [-0.05, 0) is 103 Å². The fourth-order valence-corrected chi connectivity index (χ4v) is 9.54. The van der Waals surface area contributed by atoms with Gasteiger partial charge in [-0.3, -0.25) is 14.4 Å². The van der Waals surface area contributed by atoms with Gasteiger partial charge in [-0.1, -0.05) is 304 Å². The molecule has 0 heterocycles. The van der Waals surface area contributed by atoms with Crippen molar-refractivity contribution in [3.63, 3.8) is 0 Å². The monoisotopic (exact) mass is 1100 g/mol. The molecule has 0 radical (unpaired) electrons. The lowest BCUT2D eigenvalue weighted by atomic mass is 10.0. The van der Waals surface area contributed by atoms with Crippen molar-refractivity contribution >= 4 is 17.9 Å².